The van der Waals surface area contributed by atoms with E-state index in [4.69, 9.17) is 4.84 Å². The first kappa shape index (κ1) is 18.6. The molecule has 1 aliphatic rings. The van der Waals surface area contributed by atoms with E-state index in [0.717, 1.165) is 37.9 Å². The van der Waals surface area contributed by atoms with Crippen LogP contribution in [-0.2, 0) is 4.84 Å². The van der Waals surface area contributed by atoms with Crippen molar-refractivity contribution >= 4 is 23.6 Å². The van der Waals surface area contributed by atoms with Crippen LogP contribution in [0.15, 0.2) is 47.6 Å². The summed E-state index contributed by atoms with van der Waals surface area (Å²) in [5.74, 6) is -0.578. The van der Waals surface area contributed by atoms with Crippen LogP contribution in [0.25, 0.3) is 0 Å². The molecule has 7 heteroatoms. The van der Waals surface area contributed by atoms with Crippen molar-refractivity contribution in [3.63, 3.8) is 0 Å². The molecule has 0 N–H and O–H groups in total. The summed E-state index contributed by atoms with van der Waals surface area (Å²) in [6, 6.07) is 11.8. The Kier molecular flexibility index (Phi) is 5.80. The molecule has 0 aliphatic carbocycles. The molecule has 7 nitrogen and oxygen atoms in total. The van der Waals surface area contributed by atoms with E-state index in [1.807, 2.05) is 24.0 Å². The highest BCUT2D eigenvalue weighted by Crippen LogP contribution is 2.30. The summed E-state index contributed by atoms with van der Waals surface area (Å²) in [6.07, 6.45) is 4.53. The third kappa shape index (κ3) is 4.69. The van der Waals surface area contributed by atoms with Crippen LogP contribution >= 0.6 is 0 Å². The third-order valence-electron chi connectivity index (χ3n) is 4.52. The van der Waals surface area contributed by atoms with E-state index in [-0.39, 0.29) is 10.6 Å². The molecule has 140 valence electrons. The molecule has 2 aromatic carbocycles. The third-order valence-corrected chi connectivity index (χ3v) is 4.52. The van der Waals surface area contributed by atoms with Gasteiger partial charge in [0.25, 0.3) is 5.69 Å². The lowest BCUT2D eigenvalue weighted by atomic mass is 10.1. The van der Waals surface area contributed by atoms with Crippen molar-refractivity contribution in [1.82, 2.24) is 0 Å². The summed E-state index contributed by atoms with van der Waals surface area (Å²) >= 11 is 0. The average molecular weight is 367 g/mol. The van der Waals surface area contributed by atoms with Gasteiger partial charge in [0.15, 0.2) is 0 Å². The van der Waals surface area contributed by atoms with E-state index in [2.05, 4.69) is 5.16 Å². The summed E-state index contributed by atoms with van der Waals surface area (Å²) in [7, 11) is 0. The largest absolute Gasteiger partial charge is 0.366 e. The number of rotatable bonds is 5. The first-order valence-corrected chi connectivity index (χ1v) is 8.89. The lowest BCUT2D eigenvalue weighted by molar-refractivity contribution is -0.384. The topological polar surface area (TPSA) is 85.0 Å². The minimum Gasteiger partial charge on any atom is -0.366 e. The minimum absolute atomic E-state index is 0.0331. The maximum absolute atomic E-state index is 11.9. The van der Waals surface area contributed by atoms with Crippen molar-refractivity contribution in [3.05, 3.63) is 69.3 Å². The molecule has 3 rings (SSSR count). The van der Waals surface area contributed by atoms with Gasteiger partial charge in [-0.2, -0.15) is 0 Å². The lowest BCUT2D eigenvalue weighted by Gasteiger charge is -2.28. The minimum atomic E-state index is -0.578. The quantitative estimate of drug-likeness (QED) is 0.344. The predicted molar refractivity (Wildman–Crippen MR) is 103 cm³/mol. The summed E-state index contributed by atoms with van der Waals surface area (Å²) < 4.78 is 0. The Morgan fingerprint density at radius 2 is 1.85 bits per heavy atom. The van der Waals surface area contributed by atoms with Crippen LogP contribution in [0.4, 0.5) is 11.4 Å². The second-order valence-corrected chi connectivity index (χ2v) is 6.53. The van der Waals surface area contributed by atoms with Gasteiger partial charge >= 0.3 is 5.97 Å². The van der Waals surface area contributed by atoms with Crippen LogP contribution in [0.3, 0.4) is 0 Å². The van der Waals surface area contributed by atoms with Crippen molar-refractivity contribution < 1.29 is 14.6 Å². The number of hydrogen-bond donors (Lipinski definition) is 0. The molecule has 0 aromatic heterocycles. The Bertz CT molecular complexity index is 856. The van der Waals surface area contributed by atoms with Gasteiger partial charge in [-0.05, 0) is 44.4 Å². The molecule has 0 radical (unpaired) electrons. The van der Waals surface area contributed by atoms with Crippen LogP contribution < -0.4 is 4.90 Å². The number of aryl methyl sites for hydroxylation is 1. The predicted octanol–water partition coefficient (Wildman–Crippen LogP) is 4.08. The molecule has 0 saturated carbocycles. The molecule has 1 fully saturated rings. The molecule has 1 aliphatic heterocycles. The molecule has 0 atom stereocenters. The number of hydrogen-bond acceptors (Lipinski definition) is 6. The number of benzene rings is 2. The van der Waals surface area contributed by atoms with Gasteiger partial charge in [0.2, 0.25) is 0 Å². The molecular formula is C20H21N3O4. The zero-order valence-electron chi connectivity index (χ0n) is 15.1. The van der Waals surface area contributed by atoms with Crippen LogP contribution in [-0.4, -0.2) is 30.2 Å². The molecule has 0 unspecified atom stereocenters. The lowest BCUT2D eigenvalue weighted by Crippen LogP contribution is -2.29. The van der Waals surface area contributed by atoms with Gasteiger partial charge < -0.3 is 9.74 Å². The fourth-order valence-corrected chi connectivity index (χ4v) is 3.05. The molecule has 27 heavy (non-hydrogen) atoms. The van der Waals surface area contributed by atoms with Gasteiger partial charge in [-0.15, -0.1) is 0 Å². The Morgan fingerprint density at radius 3 is 2.52 bits per heavy atom. The fraction of sp³-hybridized carbons (Fsp3) is 0.300. The molecular weight excluding hydrogens is 346 g/mol. The van der Waals surface area contributed by atoms with Crippen LogP contribution in [0.2, 0.25) is 0 Å². The monoisotopic (exact) mass is 367 g/mol. The second-order valence-electron chi connectivity index (χ2n) is 6.53. The smallest absolute Gasteiger partial charge is 0.365 e. The Balaban J connectivity index is 1.71. The molecule has 0 bridgehead atoms. The first-order valence-electron chi connectivity index (χ1n) is 8.89. The number of oxime groups is 1. The highest BCUT2D eigenvalue weighted by molar-refractivity contribution is 5.90. The van der Waals surface area contributed by atoms with E-state index in [1.165, 1.54) is 12.3 Å². The van der Waals surface area contributed by atoms with Crippen LogP contribution in [0, 0.1) is 17.0 Å². The molecule has 0 spiro atoms. The standard InChI is InChI=1S/C20H21N3O4/c1-15-5-8-17(9-6-15)20(24)27-21-14-16-7-10-18(19(13-16)23(25)26)22-11-3-2-4-12-22/h5-10,13-14H,2-4,11-12H2,1H3/b21-14+. The van der Waals surface area contributed by atoms with E-state index >= 15 is 0 Å². The van der Waals surface area contributed by atoms with Crippen molar-refractivity contribution in [1.29, 1.82) is 0 Å². The highest BCUT2D eigenvalue weighted by atomic mass is 16.7. The molecule has 2 aromatic rings. The second kappa shape index (κ2) is 8.44. The van der Waals surface area contributed by atoms with Gasteiger partial charge in [-0.1, -0.05) is 28.9 Å². The summed E-state index contributed by atoms with van der Waals surface area (Å²) in [5.41, 5.74) is 2.58. The number of piperidine rings is 1. The van der Waals surface area contributed by atoms with E-state index in [9.17, 15) is 14.9 Å². The zero-order chi connectivity index (χ0) is 19.2. The number of nitro benzene ring substituents is 1. The molecule has 1 heterocycles. The number of carbonyl (C=O) groups excluding carboxylic acids is 1. The fourth-order valence-electron chi connectivity index (χ4n) is 3.05. The van der Waals surface area contributed by atoms with Crippen molar-refractivity contribution in [2.24, 2.45) is 5.16 Å². The SMILES string of the molecule is Cc1ccc(C(=O)O/N=C/c2ccc(N3CCCCC3)c([N+](=O)[O-])c2)cc1. The molecule has 0 amide bonds. The van der Waals surface area contributed by atoms with Gasteiger partial charge in [0.1, 0.15) is 5.69 Å². The average Bonchev–Trinajstić information content (AvgIpc) is 2.69. The van der Waals surface area contributed by atoms with Crippen molar-refractivity contribution in [3.8, 4) is 0 Å². The summed E-state index contributed by atoms with van der Waals surface area (Å²) in [5, 5.41) is 15.1. The number of carbonyl (C=O) groups is 1. The van der Waals surface area contributed by atoms with E-state index in [0.29, 0.717) is 16.8 Å². The van der Waals surface area contributed by atoms with Gasteiger partial charge in [0, 0.05) is 24.7 Å². The maximum atomic E-state index is 11.9. The molecule has 1 saturated heterocycles. The Labute approximate surface area is 157 Å². The van der Waals surface area contributed by atoms with E-state index in [1.54, 1.807) is 24.3 Å². The Hall–Kier alpha value is -3.22. The normalized spacial score (nSPS) is 14.3. The van der Waals surface area contributed by atoms with Gasteiger partial charge in [-0.25, -0.2) is 4.79 Å². The summed E-state index contributed by atoms with van der Waals surface area (Å²) in [6.45, 7) is 3.57. The zero-order valence-corrected chi connectivity index (χ0v) is 15.1. The van der Waals surface area contributed by atoms with Crippen LogP contribution in [0.1, 0.15) is 40.7 Å². The summed E-state index contributed by atoms with van der Waals surface area (Å²) in [4.78, 5) is 29.9. The highest BCUT2D eigenvalue weighted by Gasteiger charge is 2.21. The van der Waals surface area contributed by atoms with Crippen molar-refractivity contribution in [2.45, 2.75) is 26.2 Å². The van der Waals surface area contributed by atoms with Gasteiger partial charge in [-0.3, -0.25) is 10.1 Å². The first-order chi connectivity index (χ1) is 13.0. The van der Waals surface area contributed by atoms with Crippen molar-refractivity contribution in [2.75, 3.05) is 18.0 Å². The number of anilines is 1. The maximum Gasteiger partial charge on any atom is 0.365 e. The Morgan fingerprint density at radius 1 is 1.15 bits per heavy atom. The van der Waals surface area contributed by atoms with Crippen LogP contribution in [0.5, 0.6) is 0 Å². The number of nitrogens with zero attached hydrogens (tertiary/aromatic N) is 3. The van der Waals surface area contributed by atoms with E-state index < -0.39 is 5.97 Å². The van der Waals surface area contributed by atoms with Gasteiger partial charge in [0.05, 0.1) is 16.7 Å². The number of nitro groups is 1.